The number of halogens is 1. The fraction of sp³-hybridized carbons (Fsp3) is 0.905. The first kappa shape index (κ1) is 22.5. The molecule has 3 aliphatic rings. The zero-order valence-corrected chi connectivity index (χ0v) is 17.5. The monoisotopic (exact) mass is 399 g/mol. The molecule has 3 fully saturated rings. The summed E-state index contributed by atoms with van der Waals surface area (Å²) < 4.78 is 0. The summed E-state index contributed by atoms with van der Waals surface area (Å²) >= 11 is 0. The van der Waals surface area contributed by atoms with E-state index >= 15 is 0 Å². The number of amides is 2. The van der Waals surface area contributed by atoms with Crippen LogP contribution in [0.2, 0.25) is 0 Å². The summed E-state index contributed by atoms with van der Waals surface area (Å²) in [5, 5.41) is 6.50. The first-order chi connectivity index (χ1) is 12.6. The molecule has 0 saturated heterocycles. The molecule has 0 aromatic carbocycles. The van der Waals surface area contributed by atoms with Gasteiger partial charge in [0.15, 0.2) is 0 Å². The molecule has 5 nitrogen and oxygen atoms in total. The van der Waals surface area contributed by atoms with Gasteiger partial charge in [0.25, 0.3) is 0 Å². The minimum atomic E-state index is -0.151. The van der Waals surface area contributed by atoms with Gasteiger partial charge >= 0.3 is 0 Å². The standard InChI is InChI=1S/C21H37N3O2.ClH/c22-15-21(12-4-5-13-21)24-20(26)17-8-10-18(11-9-17)23-19(25)14-16-6-2-1-3-7-16;/h16-18H,1-15,22H2,(H,23,25)(H,24,26);1H. The van der Waals surface area contributed by atoms with Gasteiger partial charge in [-0.05, 0) is 57.3 Å². The predicted octanol–water partition coefficient (Wildman–Crippen LogP) is 3.44. The fourth-order valence-electron chi connectivity index (χ4n) is 5.24. The van der Waals surface area contributed by atoms with E-state index in [9.17, 15) is 9.59 Å². The largest absolute Gasteiger partial charge is 0.353 e. The van der Waals surface area contributed by atoms with Crippen molar-refractivity contribution in [2.75, 3.05) is 6.54 Å². The maximum atomic E-state index is 12.7. The van der Waals surface area contributed by atoms with Gasteiger partial charge in [-0.25, -0.2) is 0 Å². The second-order valence-corrected chi connectivity index (χ2v) is 9.01. The quantitative estimate of drug-likeness (QED) is 0.639. The number of rotatable bonds is 6. The van der Waals surface area contributed by atoms with Gasteiger partial charge in [-0.1, -0.05) is 32.1 Å². The number of carbonyl (C=O) groups excluding carboxylic acids is 2. The van der Waals surface area contributed by atoms with Gasteiger partial charge in [0.05, 0.1) is 5.54 Å². The van der Waals surface area contributed by atoms with Gasteiger partial charge in [-0.2, -0.15) is 0 Å². The molecule has 0 heterocycles. The molecule has 3 saturated carbocycles. The molecule has 0 unspecified atom stereocenters. The van der Waals surface area contributed by atoms with Gasteiger partial charge in [0, 0.05) is 24.9 Å². The second-order valence-electron chi connectivity index (χ2n) is 9.01. The Labute approximate surface area is 170 Å². The lowest BCUT2D eigenvalue weighted by atomic mass is 9.84. The van der Waals surface area contributed by atoms with Crippen LogP contribution in [-0.4, -0.2) is 29.9 Å². The van der Waals surface area contributed by atoms with Crippen molar-refractivity contribution in [2.24, 2.45) is 17.6 Å². The Hall–Kier alpha value is -0.810. The zero-order chi connectivity index (χ0) is 18.4. The SMILES string of the molecule is Cl.NCC1(NC(=O)C2CCC(NC(=O)CC3CCCCC3)CC2)CCCC1. The van der Waals surface area contributed by atoms with E-state index in [4.69, 9.17) is 5.73 Å². The summed E-state index contributed by atoms with van der Waals surface area (Å²) in [5.41, 5.74) is 5.79. The molecule has 6 heteroatoms. The van der Waals surface area contributed by atoms with E-state index in [1.54, 1.807) is 0 Å². The lowest BCUT2D eigenvalue weighted by Crippen LogP contribution is -2.54. The zero-order valence-electron chi connectivity index (χ0n) is 16.6. The van der Waals surface area contributed by atoms with E-state index in [1.807, 2.05) is 0 Å². The van der Waals surface area contributed by atoms with Crippen LogP contribution in [0, 0.1) is 11.8 Å². The average Bonchev–Trinajstić information content (AvgIpc) is 3.12. The summed E-state index contributed by atoms with van der Waals surface area (Å²) in [6.45, 7) is 0.547. The third-order valence-electron chi connectivity index (χ3n) is 7.00. The summed E-state index contributed by atoms with van der Waals surface area (Å²) in [7, 11) is 0. The Morgan fingerprint density at radius 2 is 1.52 bits per heavy atom. The maximum Gasteiger partial charge on any atom is 0.223 e. The molecule has 0 aliphatic heterocycles. The fourth-order valence-corrected chi connectivity index (χ4v) is 5.24. The van der Waals surface area contributed by atoms with Crippen LogP contribution in [0.4, 0.5) is 0 Å². The Morgan fingerprint density at radius 1 is 0.889 bits per heavy atom. The Morgan fingerprint density at radius 3 is 2.11 bits per heavy atom. The van der Waals surface area contributed by atoms with Crippen molar-refractivity contribution in [1.29, 1.82) is 0 Å². The molecule has 156 valence electrons. The van der Waals surface area contributed by atoms with Crippen molar-refractivity contribution in [3.8, 4) is 0 Å². The lowest BCUT2D eigenvalue weighted by Gasteiger charge is -2.34. The number of nitrogens with one attached hydrogen (secondary N) is 2. The van der Waals surface area contributed by atoms with E-state index in [1.165, 1.54) is 32.1 Å². The van der Waals surface area contributed by atoms with Crippen molar-refractivity contribution in [1.82, 2.24) is 10.6 Å². The Balaban J connectivity index is 0.00000261. The highest BCUT2D eigenvalue weighted by atomic mass is 35.5. The highest BCUT2D eigenvalue weighted by Crippen LogP contribution is 2.31. The summed E-state index contributed by atoms with van der Waals surface area (Å²) in [5.74, 6) is 1.08. The number of hydrogen-bond acceptors (Lipinski definition) is 3. The minimum absolute atomic E-state index is 0. The van der Waals surface area contributed by atoms with Crippen molar-refractivity contribution in [3.63, 3.8) is 0 Å². The topological polar surface area (TPSA) is 84.2 Å². The van der Waals surface area contributed by atoms with Crippen LogP contribution in [0.5, 0.6) is 0 Å². The van der Waals surface area contributed by atoms with Crippen LogP contribution >= 0.6 is 12.4 Å². The Kier molecular flexibility index (Phi) is 8.87. The van der Waals surface area contributed by atoms with Gasteiger partial charge in [0.1, 0.15) is 0 Å². The first-order valence-electron chi connectivity index (χ1n) is 10.9. The van der Waals surface area contributed by atoms with Crippen molar-refractivity contribution < 1.29 is 9.59 Å². The second kappa shape index (κ2) is 10.7. The van der Waals surface area contributed by atoms with Crippen molar-refractivity contribution >= 4 is 24.2 Å². The minimum Gasteiger partial charge on any atom is -0.353 e. The number of hydrogen-bond donors (Lipinski definition) is 3. The van der Waals surface area contributed by atoms with E-state index < -0.39 is 0 Å². The van der Waals surface area contributed by atoms with Crippen LogP contribution in [0.25, 0.3) is 0 Å². The smallest absolute Gasteiger partial charge is 0.223 e. The van der Waals surface area contributed by atoms with Crippen molar-refractivity contribution in [2.45, 2.75) is 101 Å². The summed E-state index contributed by atoms with van der Waals surface area (Å²) in [6, 6.07) is 0.255. The highest BCUT2D eigenvalue weighted by molar-refractivity contribution is 5.85. The normalized spacial score (nSPS) is 28.2. The van der Waals surface area contributed by atoms with Crippen molar-refractivity contribution in [3.05, 3.63) is 0 Å². The molecule has 3 rings (SSSR count). The van der Waals surface area contributed by atoms with E-state index in [2.05, 4.69) is 10.6 Å². The summed E-state index contributed by atoms with van der Waals surface area (Å²) in [6.07, 6.45) is 15.0. The molecular weight excluding hydrogens is 362 g/mol. The molecular formula is C21H38ClN3O2. The van der Waals surface area contributed by atoms with Crippen LogP contribution < -0.4 is 16.4 Å². The van der Waals surface area contributed by atoms with Crippen LogP contribution in [0.15, 0.2) is 0 Å². The lowest BCUT2D eigenvalue weighted by molar-refractivity contribution is -0.128. The molecule has 0 aromatic rings. The third-order valence-corrected chi connectivity index (χ3v) is 7.00. The maximum absolute atomic E-state index is 12.7. The predicted molar refractivity (Wildman–Crippen MR) is 111 cm³/mol. The number of carbonyl (C=O) groups is 2. The van der Waals surface area contributed by atoms with E-state index in [0.29, 0.717) is 18.9 Å². The van der Waals surface area contributed by atoms with Gasteiger partial charge < -0.3 is 16.4 Å². The average molecular weight is 400 g/mol. The van der Waals surface area contributed by atoms with Gasteiger partial charge in [-0.15, -0.1) is 12.4 Å². The molecule has 0 aromatic heterocycles. The van der Waals surface area contributed by atoms with Crippen LogP contribution in [0.1, 0.15) is 89.9 Å². The Bertz CT molecular complexity index is 480. The molecule has 0 spiro atoms. The van der Waals surface area contributed by atoms with Crippen LogP contribution in [0.3, 0.4) is 0 Å². The molecule has 27 heavy (non-hydrogen) atoms. The van der Waals surface area contributed by atoms with Gasteiger partial charge in [-0.3, -0.25) is 9.59 Å². The third kappa shape index (κ3) is 6.35. The van der Waals surface area contributed by atoms with Gasteiger partial charge in [0.2, 0.25) is 11.8 Å². The number of nitrogens with two attached hydrogens (primary N) is 1. The molecule has 0 bridgehead atoms. The summed E-state index contributed by atoms with van der Waals surface area (Å²) in [4.78, 5) is 25.0. The highest BCUT2D eigenvalue weighted by Gasteiger charge is 2.36. The molecule has 4 N–H and O–H groups in total. The molecule has 2 amide bonds. The molecule has 0 atom stereocenters. The van der Waals surface area contributed by atoms with Crippen LogP contribution in [-0.2, 0) is 9.59 Å². The first-order valence-corrected chi connectivity index (χ1v) is 10.9. The van der Waals surface area contributed by atoms with E-state index in [0.717, 1.165) is 51.4 Å². The molecule has 0 radical (unpaired) electrons. The van der Waals surface area contributed by atoms with E-state index in [-0.39, 0.29) is 41.7 Å². The molecule has 3 aliphatic carbocycles.